The standard InChI is InChI=1S/C14H12O6S.Na.H/c15-9-20-12-7-3-1-5-10(12)14(16)11-6-2-4-8-13(11)21(17,18)19;;/h1-8,15H,9H2,(H,17,18,19);;. The third-order valence-corrected chi connectivity index (χ3v) is 3.67. The Kier molecular flexibility index (Phi) is 6.73. The van der Waals surface area contributed by atoms with E-state index in [9.17, 15) is 17.8 Å². The summed E-state index contributed by atoms with van der Waals surface area (Å²) < 4.78 is 36.8. The number of rotatable bonds is 5. The number of carbonyl (C=O) groups is 1. The Morgan fingerprint density at radius 3 is 2.14 bits per heavy atom. The summed E-state index contributed by atoms with van der Waals surface area (Å²) in [5.74, 6) is -0.512. The number of hydrogen-bond acceptors (Lipinski definition) is 5. The number of benzene rings is 2. The molecule has 0 aliphatic carbocycles. The van der Waals surface area contributed by atoms with Crippen LogP contribution < -0.4 is 4.74 Å². The van der Waals surface area contributed by atoms with Crippen LogP contribution in [-0.2, 0) is 10.1 Å². The number of ether oxygens (including phenoxy) is 1. The molecule has 0 radical (unpaired) electrons. The Bertz CT molecular complexity index is 772. The van der Waals surface area contributed by atoms with Crippen LogP contribution in [0.15, 0.2) is 53.4 Å². The van der Waals surface area contributed by atoms with E-state index in [1.165, 1.54) is 30.3 Å². The number of hydrogen-bond donors (Lipinski definition) is 2. The molecule has 0 aromatic heterocycles. The van der Waals surface area contributed by atoms with Crippen LogP contribution in [0.3, 0.4) is 0 Å². The molecule has 2 aromatic carbocycles. The maximum absolute atomic E-state index is 12.5. The molecule has 0 bridgehead atoms. The van der Waals surface area contributed by atoms with Gasteiger partial charge in [-0.05, 0) is 24.3 Å². The summed E-state index contributed by atoms with van der Waals surface area (Å²) in [7, 11) is -4.52. The first kappa shape index (κ1) is 18.8. The minimum atomic E-state index is -4.52. The Morgan fingerprint density at radius 2 is 1.55 bits per heavy atom. The van der Waals surface area contributed by atoms with Gasteiger partial charge >= 0.3 is 29.6 Å². The molecule has 0 amide bonds. The first-order valence-corrected chi connectivity index (χ1v) is 7.33. The summed E-state index contributed by atoms with van der Waals surface area (Å²) in [6.07, 6.45) is 0. The van der Waals surface area contributed by atoms with Gasteiger partial charge in [-0.1, -0.05) is 24.3 Å². The van der Waals surface area contributed by atoms with Gasteiger partial charge in [0.1, 0.15) is 10.6 Å². The fourth-order valence-corrected chi connectivity index (χ4v) is 2.56. The Labute approximate surface area is 149 Å². The van der Waals surface area contributed by atoms with Crippen LogP contribution >= 0.6 is 0 Å². The van der Waals surface area contributed by atoms with Gasteiger partial charge in [-0.15, -0.1) is 0 Å². The second kappa shape index (κ2) is 7.87. The molecule has 0 saturated heterocycles. The quantitative estimate of drug-likeness (QED) is 0.364. The van der Waals surface area contributed by atoms with Crippen LogP contribution in [0.1, 0.15) is 15.9 Å². The van der Waals surface area contributed by atoms with Crippen molar-refractivity contribution in [3.8, 4) is 5.75 Å². The molecule has 0 fully saturated rings. The molecule has 2 aromatic rings. The van der Waals surface area contributed by atoms with E-state index in [2.05, 4.69) is 0 Å². The van der Waals surface area contributed by atoms with Crippen molar-refractivity contribution in [2.45, 2.75) is 4.90 Å². The van der Waals surface area contributed by atoms with Gasteiger partial charge in [0, 0.05) is 5.56 Å². The molecule has 0 unspecified atom stereocenters. The van der Waals surface area contributed by atoms with Crippen molar-refractivity contribution < 1.29 is 27.6 Å². The summed E-state index contributed by atoms with van der Waals surface area (Å²) in [5.41, 5.74) is -0.0864. The van der Waals surface area contributed by atoms with Crippen LogP contribution in [0.25, 0.3) is 0 Å². The Balaban J connectivity index is 0.00000242. The van der Waals surface area contributed by atoms with E-state index in [-0.39, 0.29) is 46.4 Å². The summed E-state index contributed by atoms with van der Waals surface area (Å²) in [6.45, 7) is -0.621. The molecule has 2 rings (SSSR count). The number of aliphatic hydroxyl groups excluding tert-OH is 1. The Morgan fingerprint density at radius 1 is 1.00 bits per heavy atom. The van der Waals surface area contributed by atoms with Gasteiger partial charge < -0.3 is 9.84 Å². The van der Waals surface area contributed by atoms with Crippen molar-refractivity contribution in [3.63, 3.8) is 0 Å². The molecule has 22 heavy (non-hydrogen) atoms. The summed E-state index contributed by atoms with van der Waals surface area (Å²) >= 11 is 0. The van der Waals surface area contributed by atoms with Crippen molar-refractivity contribution in [1.82, 2.24) is 0 Å². The first-order valence-electron chi connectivity index (χ1n) is 5.89. The molecule has 8 heteroatoms. The van der Waals surface area contributed by atoms with E-state index in [4.69, 9.17) is 9.84 Å². The topological polar surface area (TPSA) is 101 Å². The molecule has 0 aliphatic rings. The molecule has 0 spiro atoms. The molecule has 112 valence electrons. The van der Waals surface area contributed by atoms with E-state index in [1.54, 1.807) is 12.1 Å². The van der Waals surface area contributed by atoms with Crippen LogP contribution in [0.4, 0.5) is 0 Å². The molecular weight excluding hydrogens is 319 g/mol. The van der Waals surface area contributed by atoms with Gasteiger partial charge in [-0.25, -0.2) is 0 Å². The molecule has 2 N–H and O–H groups in total. The number of para-hydroxylation sites is 1. The fraction of sp³-hybridized carbons (Fsp3) is 0.0714. The molecule has 6 nitrogen and oxygen atoms in total. The molecule has 0 saturated carbocycles. The molecule has 0 atom stereocenters. The summed E-state index contributed by atoms with van der Waals surface area (Å²) in [6, 6.07) is 11.4. The van der Waals surface area contributed by atoms with Crippen molar-refractivity contribution >= 4 is 45.5 Å². The molecule has 0 heterocycles. The fourth-order valence-electron chi connectivity index (χ4n) is 1.87. The van der Waals surface area contributed by atoms with Crippen LogP contribution in [0.2, 0.25) is 0 Å². The predicted molar refractivity (Wildman–Crippen MR) is 81.0 cm³/mol. The number of carbonyl (C=O) groups excluding carboxylic acids is 1. The zero-order chi connectivity index (χ0) is 15.5. The van der Waals surface area contributed by atoms with Crippen molar-refractivity contribution in [2.24, 2.45) is 0 Å². The Hall–Kier alpha value is -1.22. The number of aliphatic hydroxyl groups is 1. The van der Waals surface area contributed by atoms with Gasteiger partial charge in [-0.3, -0.25) is 9.35 Å². The van der Waals surface area contributed by atoms with Gasteiger partial charge in [0.2, 0.25) is 0 Å². The van der Waals surface area contributed by atoms with Gasteiger partial charge in [-0.2, -0.15) is 8.42 Å². The minimum absolute atomic E-state index is 0. The van der Waals surface area contributed by atoms with Gasteiger partial charge in [0.25, 0.3) is 10.1 Å². The molecule has 0 aliphatic heterocycles. The van der Waals surface area contributed by atoms with Gasteiger partial charge in [0.05, 0.1) is 5.56 Å². The molecular formula is C14H13NaO6S. The predicted octanol–water partition coefficient (Wildman–Crippen LogP) is 0.844. The SMILES string of the molecule is O=C(c1ccccc1OCO)c1ccccc1S(=O)(=O)O.[NaH]. The average Bonchev–Trinajstić information content (AvgIpc) is 2.46. The second-order valence-electron chi connectivity index (χ2n) is 4.07. The zero-order valence-corrected chi connectivity index (χ0v) is 11.6. The average molecular weight is 332 g/mol. The van der Waals surface area contributed by atoms with Crippen LogP contribution in [-0.4, -0.2) is 60.2 Å². The summed E-state index contributed by atoms with van der Waals surface area (Å²) in [5, 5.41) is 8.81. The van der Waals surface area contributed by atoms with Crippen molar-refractivity contribution in [2.75, 3.05) is 6.79 Å². The summed E-state index contributed by atoms with van der Waals surface area (Å²) in [4.78, 5) is 12.0. The van der Waals surface area contributed by atoms with Crippen molar-refractivity contribution in [1.29, 1.82) is 0 Å². The zero-order valence-electron chi connectivity index (χ0n) is 10.8. The second-order valence-corrected chi connectivity index (χ2v) is 5.46. The van der Waals surface area contributed by atoms with E-state index in [0.29, 0.717) is 0 Å². The van der Waals surface area contributed by atoms with Gasteiger partial charge in [0.15, 0.2) is 12.6 Å². The first-order chi connectivity index (χ1) is 9.95. The van der Waals surface area contributed by atoms with E-state index >= 15 is 0 Å². The third kappa shape index (κ3) is 4.16. The third-order valence-electron chi connectivity index (χ3n) is 2.76. The number of ketones is 1. The van der Waals surface area contributed by atoms with E-state index in [1.807, 2.05) is 0 Å². The van der Waals surface area contributed by atoms with Crippen LogP contribution in [0, 0.1) is 0 Å². The van der Waals surface area contributed by atoms with E-state index in [0.717, 1.165) is 6.07 Å². The van der Waals surface area contributed by atoms with E-state index < -0.39 is 27.6 Å². The monoisotopic (exact) mass is 332 g/mol. The van der Waals surface area contributed by atoms with Crippen molar-refractivity contribution in [3.05, 3.63) is 59.7 Å². The maximum atomic E-state index is 12.5. The van der Waals surface area contributed by atoms with Crippen LogP contribution in [0.5, 0.6) is 5.75 Å². The normalized spacial score (nSPS) is 10.6.